The lowest BCUT2D eigenvalue weighted by Crippen LogP contribution is -2.15. The summed E-state index contributed by atoms with van der Waals surface area (Å²) >= 11 is 4.81. The van der Waals surface area contributed by atoms with Crippen molar-refractivity contribution in [1.29, 1.82) is 0 Å². The minimum Gasteiger partial charge on any atom is -0.325 e. The van der Waals surface area contributed by atoms with Gasteiger partial charge in [-0.1, -0.05) is 6.07 Å². The second-order valence-electron chi connectivity index (χ2n) is 7.77. The second-order valence-corrected chi connectivity index (χ2v) is 10.9. The summed E-state index contributed by atoms with van der Waals surface area (Å²) in [4.78, 5) is 39.8. The van der Waals surface area contributed by atoms with E-state index in [0.29, 0.717) is 17.3 Å². The van der Waals surface area contributed by atoms with Crippen LogP contribution in [0.4, 0.5) is 5.69 Å². The van der Waals surface area contributed by atoms with Gasteiger partial charge in [0.2, 0.25) is 5.91 Å². The number of aromatic nitrogens is 3. The first-order chi connectivity index (χ1) is 16.2. The molecule has 0 aliphatic heterocycles. The smallest absolute Gasteiger partial charge is 0.259 e. The Morgan fingerprint density at radius 2 is 2.03 bits per heavy atom. The van der Waals surface area contributed by atoms with E-state index in [1.165, 1.54) is 27.8 Å². The fourth-order valence-electron chi connectivity index (χ4n) is 3.84. The van der Waals surface area contributed by atoms with E-state index in [1.807, 2.05) is 36.5 Å². The molecule has 9 heteroatoms. The topological polar surface area (TPSA) is 87.7 Å². The normalized spacial score (nSPS) is 12.7. The zero-order chi connectivity index (χ0) is 22.6. The minimum absolute atomic E-state index is 0.0547. The highest BCUT2D eigenvalue weighted by molar-refractivity contribution is 7.99. The summed E-state index contributed by atoms with van der Waals surface area (Å²) in [6, 6.07) is 11.8. The lowest BCUT2D eigenvalue weighted by atomic mass is 10.2. The van der Waals surface area contributed by atoms with E-state index in [-0.39, 0.29) is 11.5 Å². The molecule has 6 nitrogen and oxygen atoms in total. The van der Waals surface area contributed by atoms with Crippen molar-refractivity contribution in [3.8, 4) is 0 Å². The van der Waals surface area contributed by atoms with Gasteiger partial charge < -0.3 is 10.3 Å². The molecule has 1 aromatic carbocycles. The first kappa shape index (κ1) is 22.2. The Hall–Kier alpha value is -2.62. The van der Waals surface area contributed by atoms with Crippen molar-refractivity contribution in [2.45, 2.75) is 35.7 Å². The number of H-pyrrole nitrogens is 1. The number of carbonyl (C=O) groups excluding carboxylic acids is 1. The maximum absolute atomic E-state index is 12.5. The first-order valence-electron chi connectivity index (χ1n) is 10.7. The van der Waals surface area contributed by atoms with E-state index in [0.717, 1.165) is 45.8 Å². The number of aromatic amines is 1. The van der Waals surface area contributed by atoms with Gasteiger partial charge in [-0.2, -0.15) is 0 Å². The Kier molecular flexibility index (Phi) is 6.80. The first-order valence-corrected chi connectivity index (χ1v) is 13.6. The molecule has 0 radical (unpaired) electrons. The third kappa shape index (κ3) is 5.31. The van der Waals surface area contributed by atoms with Crippen molar-refractivity contribution in [3.05, 3.63) is 81.0 Å². The van der Waals surface area contributed by atoms with Gasteiger partial charge in [0.15, 0.2) is 0 Å². The van der Waals surface area contributed by atoms with Gasteiger partial charge in [0, 0.05) is 33.6 Å². The summed E-state index contributed by atoms with van der Waals surface area (Å²) in [5, 5.41) is 3.69. The average molecular weight is 495 g/mol. The quantitative estimate of drug-likeness (QED) is 0.334. The number of aryl methyl sites for hydroxylation is 2. The maximum Gasteiger partial charge on any atom is 0.259 e. The Morgan fingerprint density at radius 1 is 1.15 bits per heavy atom. The molecule has 1 aliphatic carbocycles. The molecule has 168 valence electrons. The van der Waals surface area contributed by atoms with E-state index >= 15 is 0 Å². The summed E-state index contributed by atoms with van der Waals surface area (Å²) in [5.74, 6) is 2.19. The predicted octanol–water partition coefficient (Wildman–Crippen LogP) is 5.03. The van der Waals surface area contributed by atoms with Gasteiger partial charge in [0.25, 0.3) is 5.56 Å². The lowest BCUT2D eigenvalue weighted by molar-refractivity contribution is -0.113. The van der Waals surface area contributed by atoms with Gasteiger partial charge >= 0.3 is 0 Å². The number of anilines is 1. The van der Waals surface area contributed by atoms with Gasteiger partial charge in [-0.3, -0.25) is 14.6 Å². The molecule has 3 heterocycles. The van der Waals surface area contributed by atoms with Gasteiger partial charge in [-0.15, -0.1) is 34.9 Å². The molecule has 0 saturated heterocycles. The standard InChI is InChI=1S/C24H22N4O2S3/c29-21(26-16-6-8-17(9-7-16)32-12-15-3-2-10-25-11-15)14-31-13-20-27-23(30)22-18-4-1-5-19(18)33-24(22)28-20/h2-3,6-11H,1,4-5,12-14H2,(H,26,29)(H,27,28,30). The number of hydrogen-bond acceptors (Lipinski definition) is 7. The van der Waals surface area contributed by atoms with Crippen LogP contribution in [0, 0.1) is 0 Å². The Morgan fingerprint density at radius 3 is 2.85 bits per heavy atom. The van der Waals surface area contributed by atoms with Crippen LogP contribution in [-0.4, -0.2) is 26.6 Å². The number of carbonyl (C=O) groups is 1. The third-order valence-electron chi connectivity index (χ3n) is 5.36. The van der Waals surface area contributed by atoms with E-state index in [4.69, 9.17) is 0 Å². The lowest BCUT2D eigenvalue weighted by Gasteiger charge is -2.07. The Bertz CT molecular complexity index is 1330. The summed E-state index contributed by atoms with van der Waals surface area (Å²) in [6.07, 6.45) is 6.78. The Balaban J connectivity index is 1.11. The number of thiophene rings is 1. The van der Waals surface area contributed by atoms with Crippen LogP contribution >= 0.6 is 34.9 Å². The molecule has 33 heavy (non-hydrogen) atoms. The monoisotopic (exact) mass is 494 g/mol. The van der Waals surface area contributed by atoms with Crippen LogP contribution in [0.3, 0.4) is 0 Å². The van der Waals surface area contributed by atoms with Crippen molar-refractivity contribution in [2.24, 2.45) is 0 Å². The molecule has 2 N–H and O–H groups in total. The third-order valence-corrected chi connectivity index (χ3v) is 8.58. The largest absolute Gasteiger partial charge is 0.325 e. The average Bonchev–Trinajstić information content (AvgIpc) is 3.40. The van der Waals surface area contributed by atoms with Crippen molar-refractivity contribution in [2.75, 3.05) is 11.1 Å². The fraction of sp³-hybridized carbons (Fsp3) is 0.250. The number of hydrogen-bond donors (Lipinski definition) is 2. The molecular weight excluding hydrogens is 472 g/mol. The molecule has 4 aromatic rings. The molecule has 0 spiro atoms. The summed E-state index contributed by atoms with van der Waals surface area (Å²) < 4.78 is 0. The summed E-state index contributed by atoms with van der Waals surface area (Å²) in [5.41, 5.74) is 3.08. The van der Waals surface area contributed by atoms with Crippen LogP contribution in [0.15, 0.2) is 58.5 Å². The fourth-order valence-corrected chi connectivity index (χ4v) is 6.64. The van der Waals surface area contributed by atoms with Crippen molar-refractivity contribution in [3.63, 3.8) is 0 Å². The van der Waals surface area contributed by atoms with E-state index in [9.17, 15) is 9.59 Å². The molecule has 0 bridgehead atoms. The number of amides is 1. The zero-order valence-electron chi connectivity index (χ0n) is 17.8. The Labute approximate surface area is 203 Å². The number of nitrogens with one attached hydrogen (secondary N) is 2. The maximum atomic E-state index is 12.5. The number of pyridine rings is 1. The zero-order valence-corrected chi connectivity index (χ0v) is 20.2. The molecule has 0 saturated carbocycles. The molecular formula is C24H22N4O2S3. The van der Waals surface area contributed by atoms with Crippen molar-refractivity contribution >= 4 is 56.7 Å². The highest BCUT2D eigenvalue weighted by Gasteiger charge is 2.21. The SMILES string of the molecule is O=C(CSCc1nc2sc3c(c2c(=O)[nH]1)CCC3)Nc1ccc(SCc2cccnc2)cc1. The van der Waals surface area contributed by atoms with Gasteiger partial charge in [0.05, 0.1) is 16.9 Å². The number of nitrogens with zero attached hydrogens (tertiary/aromatic N) is 2. The summed E-state index contributed by atoms with van der Waals surface area (Å²) in [7, 11) is 0. The van der Waals surface area contributed by atoms with Gasteiger partial charge in [-0.25, -0.2) is 4.98 Å². The van der Waals surface area contributed by atoms with E-state index in [2.05, 4.69) is 26.3 Å². The molecule has 0 atom stereocenters. The highest BCUT2D eigenvalue weighted by atomic mass is 32.2. The van der Waals surface area contributed by atoms with Crippen LogP contribution in [0.1, 0.15) is 28.2 Å². The van der Waals surface area contributed by atoms with Crippen molar-refractivity contribution < 1.29 is 4.79 Å². The van der Waals surface area contributed by atoms with Crippen LogP contribution in [-0.2, 0) is 29.1 Å². The molecule has 1 amide bonds. The van der Waals surface area contributed by atoms with Crippen LogP contribution in [0.2, 0.25) is 0 Å². The molecule has 5 rings (SSSR count). The van der Waals surface area contributed by atoms with Gasteiger partial charge in [0.1, 0.15) is 10.7 Å². The molecule has 0 fully saturated rings. The molecule has 0 unspecified atom stereocenters. The molecule has 1 aliphatic rings. The number of benzene rings is 1. The minimum atomic E-state index is -0.0747. The molecule has 3 aromatic heterocycles. The van der Waals surface area contributed by atoms with Gasteiger partial charge in [-0.05, 0) is 60.7 Å². The van der Waals surface area contributed by atoms with E-state index < -0.39 is 0 Å². The summed E-state index contributed by atoms with van der Waals surface area (Å²) in [6.45, 7) is 0. The highest BCUT2D eigenvalue weighted by Crippen LogP contribution is 2.34. The van der Waals surface area contributed by atoms with E-state index in [1.54, 1.807) is 29.3 Å². The van der Waals surface area contributed by atoms with Crippen LogP contribution in [0.25, 0.3) is 10.2 Å². The van der Waals surface area contributed by atoms with Crippen LogP contribution < -0.4 is 10.9 Å². The van der Waals surface area contributed by atoms with Crippen molar-refractivity contribution in [1.82, 2.24) is 15.0 Å². The number of rotatable bonds is 8. The number of thioether (sulfide) groups is 2. The second kappa shape index (κ2) is 10.1. The van der Waals surface area contributed by atoms with Crippen LogP contribution in [0.5, 0.6) is 0 Å². The predicted molar refractivity (Wildman–Crippen MR) is 137 cm³/mol. The number of fused-ring (bicyclic) bond motifs is 3.